The maximum atomic E-state index is 14.3. The minimum absolute atomic E-state index is 0.00679. The van der Waals surface area contributed by atoms with Gasteiger partial charge >= 0.3 is 23.7 Å². The number of carbonyl (C=O) groups excluding carboxylic acids is 3. The quantitative estimate of drug-likeness (QED) is 0.0321. The lowest BCUT2D eigenvalue weighted by Crippen LogP contribution is -2.61. The molecule has 6 rings (SSSR count). The Morgan fingerprint density at radius 1 is 0.835 bits per heavy atom. The van der Waals surface area contributed by atoms with Crippen LogP contribution in [0.3, 0.4) is 0 Å². The molecule has 17 N–H and O–H groups in total. The van der Waals surface area contributed by atoms with Crippen molar-refractivity contribution in [2.75, 3.05) is 32.8 Å². The Bertz CT molecular complexity index is 2670. The van der Waals surface area contributed by atoms with Crippen LogP contribution in [0.25, 0.3) is 11.1 Å². The highest BCUT2D eigenvalue weighted by Crippen LogP contribution is 2.34. The normalized spacial score (nSPS) is 24.7. The number of aromatic nitrogens is 2. The average molecular weight is 1110 g/mol. The number of H-pyrrole nitrogens is 1. The molecule has 14 atom stereocenters. The number of nitrogens with zero attached hydrogens (tertiary/aromatic N) is 2. The van der Waals surface area contributed by atoms with Crippen LogP contribution in [0.2, 0.25) is 0 Å². The summed E-state index contributed by atoms with van der Waals surface area (Å²) in [6.45, 7) is 5.55. The maximum Gasteiger partial charge on any atom is 0.330 e. The number of unbranched alkanes of at least 4 members (excludes halogenated alkanes) is 1. The molecule has 2 fully saturated rings. The van der Waals surface area contributed by atoms with E-state index in [1.807, 2.05) is 53.5 Å². The van der Waals surface area contributed by atoms with Crippen LogP contribution < -0.4 is 59.4 Å². The summed E-state index contributed by atoms with van der Waals surface area (Å²) in [5.74, 6) is -4.18. The SMILES string of the molecule is CCCCOc1ccc(-c2ccc(CC[C@@H](NC(=O)[C@@H](NC(=O)N[C@H](C(=O)O)C(C)C)[C@@H]3CCNC(N)=N3)C(=O)NCCCN[C@H](C(=O)O)[C@H](O[C@@H]3O[C@H](CN)[C@@H](O)[C@H]3O)[C@H]3O[C@@H](n4ccc(=O)[nH]c4=O)[C@H](O)[C@@H]3O)cc2)cc1. The van der Waals surface area contributed by atoms with E-state index in [1.165, 1.54) is 0 Å². The number of benzene rings is 2. The Kier molecular flexibility index (Phi) is 22.3. The van der Waals surface area contributed by atoms with Crippen molar-refractivity contribution in [3.63, 3.8) is 0 Å². The smallest absolute Gasteiger partial charge is 0.330 e. The lowest BCUT2D eigenvalue weighted by atomic mass is 9.98. The number of carbonyl (C=O) groups is 5. The van der Waals surface area contributed by atoms with Gasteiger partial charge in [0.15, 0.2) is 18.5 Å². The van der Waals surface area contributed by atoms with Crippen LogP contribution in [0, 0.1) is 5.92 Å². The van der Waals surface area contributed by atoms with Gasteiger partial charge in [0.2, 0.25) is 11.8 Å². The van der Waals surface area contributed by atoms with Crippen molar-refractivity contribution < 1.29 is 73.6 Å². The van der Waals surface area contributed by atoms with Crippen LogP contribution in [0.1, 0.15) is 64.7 Å². The molecule has 0 saturated carbocycles. The zero-order chi connectivity index (χ0) is 57.5. The van der Waals surface area contributed by atoms with Gasteiger partial charge in [0.1, 0.15) is 72.6 Å². The molecule has 0 spiro atoms. The van der Waals surface area contributed by atoms with Gasteiger partial charge in [0.25, 0.3) is 5.56 Å². The second-order valence-electron chi connectivity index (χ2n) is 19.7. The van der Waals surface area contributed by atoms with Crippen molar-refractivity contribution in [3.05, 3.63) is 87.2 Å². The molecule has 0 bridgehead atoms. The highest BCUT2D eigenvalue weighted by molar-refractivity contribution is 5.93. The Morgan fingerprint density at radius 3 is 2.13 bits per heavy atom. The van der Waals surface area contributed by atoms with Gasteiger partial charge < -0.3 is 93.0 Å². The van der Waals surface area contributed by atoms with Gasteiger partial charge in [-0.05, 0) is 73.4 Å². The fourth-order valence-corrected chi connectivity index (χ4v) is 9.20. The average Bonchev–Trinajstić information content (AvgIpc) is 3.95. The molecule has 2 saturated heterocycles. The Labute approximate surface area is 453 Å². The maximum absolute atomic E-state index is 14.3. The van der Waals surface area contributed by atoms with Crippen molar-refractivity contribution in [2.45, 2.75) is 145 Å². The van der Waals surface area contributed by atoms with Gasteiger partial charge in [-0.15, -0.1) is 0 Å². The van der Waals surface area contributed by atoms with Crippen LogP contribution in [-0.4, -0.2) is 188 Å². The molecule has 0 radical (unpaired) electrons. The fourth-order valence-electron chi connectivity index (χ4n) is 9.20. The summed E-state index contributed by atoms with van der Waals surface area (Å²) >= 11 is 0. The predicted molar refractivity (Wildman–Crippen MR) is 281 cm³/mol. The molecule has 3 aliphatic rings. The number of nitrogens with one attached hydrogen (secondary N) is 7. The van der Waals surface area contributed by atoms with Crippen molar-refractivity contribution in [3.8, 4) is 16.9 Å². The molecule has 79 heavy (non-hydrogen) atoms. The molecule has 28 heteroatoms. The lowest BCUT2D eigenvalue weighted by Gasteiger charge is -2.33. The molecule has 3 aliphatic heterocycles. The minimum atomic E-state index is -1.95. The van der Waals surface area contributed by atoms with Crippen molar-refractivity contribution in [1.29, 1.82) is 0 Å². The van der Waals surface area contributed by atoms with E-state index >= 15 is 0 Å². The summed E-state index contributed by atoms with van der Waals surface area (Å²) in [4.78, 5) is 97.6. The van der Waals surface area contributed by atoms with Gasteiger partial charge in [-0.2, -0.15) is 0 Å². The third-order valence-electron chi connectivity index (χ3n) is 13.7. The molecule has 434 valence electrons. The van der Waals surface area contributed by atoms with Crippen LogP contribution in [-0.2, 0) is 39.8 Å². The standard InChI is InChI=1S/C51H73N11O17/c1-4-5-23-76-29-14-12-28(13-15-29)27-10-7-26(8-11-27)9-16-31(57-44(69)35(30-17-21-56-49(53)58-30)61-50(74)60-34(25(2)3)46(70)71)43(68)55-20-6-19-54-36(47(72)73)41(79-48-40(67)37(64)32(24-52)77-48)42-38(65)39(66)45(78-42)62-22-18-33(63)59-51(62)75/h7-8,10-15,18,22,25,30-32,34-42,45,48,54,64-67H,4-6,9,16-17,19-21,23-24,52H2,1-3H3,(H,55,68)(H,57,69)(H,70,71)(H,72,73)(H3,53,56,58)(H,59,63,75)(H2,60,61,74)/t30-,31+,32+,34-,35-,36-,37+,38-,39+,40+,41-,42-,45+,48-/m0/s1. The largest absolute Gasteiger partial charge is 0.494 e. The molecule has 1 aromatic heterocycles. The second-order valence-corrected chi connectivity index (χ2v) is 19.7. The molecular weight excluding hydrogens is 1040 g/mol. The number of urea groups is 1. The second kappa shape index (κ2) is 28.7. The molecule has 2 aromatic carbocycles. The number of guanidine groups is 1. The summed E-state index contributed by atoms with van der Waals surface area (Å²) in [6, 6.07) is 8.45. The van der Waals surface area contributed by atoms with Gasteiger partial charge in [-0.25, -0.2) is 19.4 Å². The number of carboxylic acid groups (broad SMARTS) is 2. The molecule has 0 aliphatic carbocycles. The summed E-state index contributed by atoms with van der Waals surface area (Å²) in [5.41, 5.74) is 12.5. The topological polar surface area (TPSA) is 435 Å². The van der Waals surface area contributed by atoms with Gasteiger partial charge in [-0.1, -0.05) is 63.6 Å². The third-order valence-corrected chi connectivity index (χ3v) is 13.7. The van der Waals surface area contributed by atoms with E-state index in [-0.39, 0.29) is 57.8 Å². The highest BCUT2D eigenvalue weighted by Gasteiger charge is 2.54. The first-order chi connectivity index (χ1) is 37.7. The summed E-state index contributed by atoms with van der Waals surface area (Å²) < 4.78 is 23.9. The number of aliphatic hydroxyl groups is 4. The van der Waals surface area contributed by atoms with Crippen molar-refractivity contribution in [1.82, 2.24) is 41.5 Å². The number of aromatic amines is 1. The van der Waals surface area contributed by atoms with Crippen molar-refractivity contribution in [2.24, 2.45) is 22.4 Å². The van der Waals surface area contributed by atoms with E-state index in [2.05, 4.69) is 43.8 Å². The summed E-state index contributed by atoms with van der Waals surface area (Å²) in [6.07, 6.45) is -11.9. The number of aliphatic carboxylic acids is 2. The minimum Gasteiger partial charge on any atom is -0.494 e. The first-order valence-corrected chi connectivity index (χ1v) is 26.1. The number of carboxylic acids is 2. The van der Waals surface area contributed by atoms with E-state index in [0.717, 1.165) is 52.1 Å². The summed E-state index contributed by atoms with van der Waals surface area (Å²) in [7, 11) is 0. The van der Waals surface area contributed by atoms with Crippen LogP contribution in [0.15, 0.2) is 75.4 Å². The Balaban J connectivity index is 1.18. The first kappa shape index (κ1) is 61.2. The predicted octanol–water partition coefficient (Wildman–Crippen LogP) is -3.09. The molecule has 4 amide bonds. The number of aliphatic hydroxyl groups excluding tert-OH is 4. The molecule has 3 aromatic rings. The number of amides is 4. The van der Waals surface area contributed by atoms with Gasteiger partial charge in [-0.3, -0.25) is 28.7 Å². The number of hydrogen-bond acceptors (Lipinski definition) is 20. The first-order valence-electron chi connectivity index (χ1n) is 26.1. The zero-order valence-electron chi connectivity index (χ0n) is 43.9. The number of nitrogens with two attached hydrogens (primary N) is 2. The van der Waals surface area contributed by atoms with E-state index in [4.69, 9.17) is 30.4 Å². The Morgan fingerprint density at radius 2 is 1.52 bits per heavy atom. The van der Waals surface area contributed by atoms with Crippen LogP contribution >= 0.6 is 0 Å². The molecule has 28 nitrogen and oxygen atoms in total. The molecule has 0 unspecified atom stereocenters. The van der Waals surface area contributed by atoms with E-state index < -0.39 is 132 Å². The molecule has 4 heterocycles. The third kappa shape index (κ3) is 16.3. The van der Waals surface area contributed by atoms with Gasteiger partial charge in [0.05, 0.1) is 12.6 Å². The fraction of sp³-hybridized carbons (Fsp3) is 0.569. The monoisotopic (exact) mass is 1110 g/mol. The number of rotatable bonds is 28. The van der Waals surface area contributed by atoms with Crippen LogP contribution in [0.4, 0.5) is 4.79 Å². The van der Waals surface area contributed by atoms with Gasteiger partial charge in [0, 0.05) is 31.9 Å². The Hall–Kier alpha value is -7.02. The van der Waals surface area contributed by atoms with Crippen molar-refractivity contribution >= 4 is 35.7 Å². The van der Waals surface area contributed by atoms with E-state index in [0.29, 0.717) is 6.61 Å². The lowest BCUT2D eigenvalue weighted by molar-refractivity contribution is -0.228. The number of aliphatic imine (C=N–C) groups is 1. The summed E-state index contributed by atoms with van der Waals surface area (Å²) in [5, 5.41) is 80.0. The highest BCUT2D eigenvalue weighted by atomic mass is 16.7. The number of ether oxygens (including phenoxy) is 4. The number of aryl methyl sites for hydroxylation is 1. The molecular formula is C51H73N11O17. The van der Waals surface area contributed by atoms with Crippen LogP contribution in [0.5, 0.6) is 5.75 Å². The van der Waals surface area contributed by atoms with E-state index in [1.54, 1.807) is 13.8 Å². The zero-order valence-corrected chi connectivity index (χ0v) is 43.9. The van der Waals surface area contributed by atoms with E-state index in [9.17, 15) is 64.2 Å². The number of hydrogen-bond donors (Lipinski definition) is 15.